The maximum atomic E-state index is 13.7. The summed E-state index contributed by atoms with van der Waals surface area (Å²) in [6.45, 7) is 1.65. The van der Waals surface area contributed by atoms with Crippen LogP contribution in [0.25, 0.3) is 0 Å². The van der Waals surface area contributed by atoms with Crippen molar-refractivity contribution in [3.63, 3.8) is 0 Å². The summed E-state index contributed by atoms with van der Waals surface area (Å²) in [7, 11) is 0. The van der Waals surface area contributed by atoms with Gasteiger partial charge in [0.25, 0.3) is 5.91 Å². The summed E-state index contributed by atoms with van der Waals surface area (Å²) in [5.74, 6) is -0.317. The van der Waals surface area contributed by atoms with Gasteiger partial charge in [-0.3, -0.25) is 4.79 Å². The van der Waals surface area contributed by atoms with Crippen LogP contribution in [-0.4, -0.2) is 15.9 Å². The Morgan fingerprint density at radius 2 is 1.73 bits per heavy atom. The van der Waals surface area contributed by atoms with Crippen molar-refractivity contribution in [1.29, 1.82) is 0 Å². The first-order chi connectivity index (χ1) is 12.4. The van der Waals surface area contributed by atoms with E-state index in [1.165, 1.54) is 24.3 Å². The molecule has 0 atom stereocenters. The van der Waals surface area contributed by atoms with Crippen molar-refractivity contribution in [2.75, 3.05) is 10.6 Å². The lowest BCUT2D eigenvalue weighted by atomic mass is 10.2. The fourth-order valence-electron chi connectivity index (χ4n) is 2.27. The lowest BCUT2D eigenvalue weighted by Crippen LogP contribution is -2.16. The number of hydrogen-bond donors (Lipinski definition) is 2. The fourth-order valence-corrected chi connectivity index (χ4v) is 2.80. The van der Waals surface area contributed by atoms with Crippen LogP contribution in [0.15, 0.2) is 48.5 Å². The number of carbonyl (C=O) groups excluding carboxylic acids is 1. The number of hydrogen-bond acceptors (Lipinski definition) is 4. The fraction of sp³-hybridized carbons (Fsp3) is 0.0556. The topological polar surface area (TPSA) is 66.9 Å². The number of benzene rings is 2. The number of anilines is 3. The van der Waals surface area contributed by atoms with E-state index in [0.717, 1.165) is 0 Å². The molecule has 0 radical (unpaired) electrons. The minimum absolute atomic E-state index is 0.0740. The smallest absolute Gasteiger partial charge is 0.274 e. The summed E-state index contributed by atoms with van der Waals surface area (Å²) in [4.78, 5) is 20.7. The van der Waals surface area contributed by atoms with E-state index < -0.39 is 11.7 Å². The molecule has 5 nitrogen and oxygen atoms in total. The molecule has 132 valence electrons. The monoisotopic (exact) mass is 390 g/mol. The van der Waals surface area contributed by atoms with Crippen LogP contribution in [0.5, 0.6) is 0 Å². The Bertz CT molecular complexity index is 961. The molecule has 3 rings (SSSR count). The van der Waals surface area contributed by atoms with Gasteiger partial charge in [-0.15, -0.1) is 0 Å². The van der Waals surface area contributed by atoms with Gasteiger partial charge in [-0.1, -0.05) is 35.3 Å². The van der Waals surface area contributed by atoms with Crippen molar-refractivity contribution in [1.82, 2.24) is 9.97 Å². The van der Waals surface area contributed by atoms with E-state index in [9.17, 15) is 9.18 Å². The van der Waals surface area contributed by atoms with Gasteiger partial charge in [0, 0.05) is 21.8 Å². The summed E-state index contributed by atoms with van der Waals surface area (Å²) < 4.78 is 13.7. The normalized spacial score (nSPS) is 10.5. The van der Waals surface area contributed by atoms with Crippen molar-refractivity contribution in [3.05, 3.63) is 75.9 Å². The molecular weight excluding hydrogens is 378 g/mol. The van der Waals surface area contributed by atoms with Gasteiger partial charge in [0.05, 0.1) is 5.69 Å². The van der Waals surface area contributed by atoms with Crippen molar-refractivity contribution < 1.29 is 9.18 Å². The van der Waals surface area contributed by atoms with Crippen LogP contribution >= 0.6 is 23.2 Å². The van der Waals surface area contributed by atoms with Crippen molar-refractivity contribution in [3.8, 4) is 0 Å². The van der Waals surface area contributed by atoms with Gasteiger partial charge in [0.2, 0.25) is 0 Å². The zero-order valence-electron chi connectivity index (χ0n) is 13.6. The first-order valence-corrected chi connectivity index (χ1v) is 8.31. The third kappa shape index (κ3) is 4.47. The number of nitrogens with zero attached hydrogens (tertiary/aromatic N) is 2. The van der Waals surface area contributed by atoms with Gasteiger partial charge in [0.1, 0.15) is 23.2 Å². The number of carbonyl (C=O) groups is 1. The minimum atomic E-state index is -0.548. The molecule has 1 heterocycles. The second-order valence-corrected chi connectivity index (χ2v) is 6.28. The first-order valence-electron chi connectivity index (χ1n) is 7.55. The molecule has 0 saturated heterocycles. The van der Waals surface area contributed by atoms with Gasteiger partial charge >= 0.3 is 0 Å². The number of aryl methyl sites for hydroxylation is 1. The average molecular weight is 391 g/mol. The molecule has 0 bridgehead atoms. The Morgan fingerprint density at radius 1 is 1.04 bits per heavy atom. The highest BCUT2D eigenvalue weighted by Gasteiger charge is 2.13. The molecule has 2 N–H and O–H groups in total. The van der Waals surface area contributed by atoms with E-state index >= 15 is 0 Å². The molecule has 8 heteroatoms. The minimum Gasteiger partial charge on any atom is -0.340 e. The molecule has 0 saturated carbocycles. The number of aromatic nitrogens is 2. The van der Waals surface area contributed by atoms with Gasteiger partial charge in [-0.05, 0) is 37.3 Å². The van der Waals surface area contributed by atoms with Crippen LogP contribution in [0.2, 0.25) is 10.0 Å². The highest BCUT2D eigenvalue weighted by atomic mass is 35.5. The highest BCUT2D eigenvalue weighted by Crippen LogP contribution is 2.25. The van der Waals surface area contributed by atoms with E-state index in [1.807, 2.05) is 0 Å². The third-order valence-corrected chi connectivity index (χ3v) is 3.76. The second kappa shape index (κ2) is 7.68. The van der Waals surface area contributed by atoms with E-state index in [2.05, 4.69) is 20.6 Å². The maximum absolute atomic E-state index is 13.7. The molecule has 0 unspecified atom stereocenters. The zero-order valence-corrected chi connectivity index (χ0v) is 15.1. The lowest BCUT2D eigenvalue weighted by molar-refractivity contribution is 0.102. The lowest BCUT2D eigenvalue weighted by Gasteiger charge is -2.10. The second-order valence-electron chi connectivity index (χ2n) is 5.40. The van der Waals surface area contributed by atoms with E-state index in [0.29, 0.717) is 27.4 Å². The van der Waals surface area contributed by atoms with Gasteiger partial charge in [-0.2, -0.15) is 0 Å². The van der Waals surface area contributed by atoms with Crippen molar-refractivity contribution in [2.45, 2.75) is 6.92 Å². The Hall–Kier alpha value is -2.70. The zero-order chi connectivity index (χ0) is 18.7. The summed E-state index contributed by atoms with van der Waals surface area (Å²) in [6.07, 6.45) is 0. The molecule has 0 fully saturated rings. The molecule has 0 aliphatic carbocycles. The van der Waals surface area contributed by atoms with Crippen molar-refractivity contribution >= 4 is 46.3 Å². The SMILES string of the molecule is Cc1nc(Nc2cc(Cl)cc(Cl)c2)cc(C(=O)Nc2ccccc2F)n1. The molecule has 0 aliphatic rings. The summed E-state index contributed by atoms with van der Waals surface area (Å²) in [5, 5.41) is 6.43. The molecule has 0 aliphatic heterocycles. The van der Waals surface area contributed by atoms with Gasteiger partial charge < -0.3 is 10.6 Å². The third-order valence-electron chi connectivity index (χ3n) is 3.33. The van der Waals surface area contributed by atoms with Gasteiger partial charge in [-0.25, -0.2) is 14.4 Å². The van der Waals surface area contributed by atoms with Crippen LogP contribution < -0.4 is 10.6 Å². The van der Waals surface area contributed by atoms with Crippen LogP contribution in [0.4, 0.5) is 21.6 Å². The largest absolute Gasteiger partial charge is 0.340 e. The van der Waals surface area contributed by atoms with Crippen LogP contribution in [0.1, 0.15) is 16.3 Å². The van der Waals surface area contributed by atoms with E-state index in [4.69, 9.17) is 23.2 Å². The molecular formula is C18H13Cl2FN4O. The quantitative estimate of drug-likeness (QED) is 0.640. The Kier molecular flexibility index (Phi) is 5.35. The predicted molar refractivity (Wildman–Crippen MR) is 101 cm³/mol. The predicted octanol–water partition coefficient (Wildman–Crippen LogP) is 5.23. The van der Waals surface area contributed by atoms with E-state index in [-0.39, 0.29) is 11.4 Å². The molecule has 3 aromatic rings. The van der Waals surface area contributed by atoms with E-state index in [1.54, 1.807) is 31.2 Å². The maximum Gasteiger partial charge on any atom is 0.274 e. The first kappa shape index (κ1) is 18.1. The highest BCUT2D eigenvalue weighted by molar-refractivity contribution is 6.35. The van der Waals surface area contributed by atoms with Gasteiger partial charge in [0.15, 0.2) is 0 Å². The van der Waals surface area contributed by atoms with Crippen molar-refractivity contribution in [2.24, 2.45) is 0 Å². The van der Waals surface area contributed by atoms with Crippen LogP contribution in [0, 0.1) is 12.7 Å². The molecule has 0 spiro atoms. The average Bonchev–Trinajstić information content (AvgIpc) is 2.55. The Balaban J connectivity index is 1.85. The van der Waals surface area contributed by atoms with Crippen LogP contribution in [0.3, 0.4) is 0 Å². The summed E-state index contributed by atoms with van der Waals surface area (Å²) >= 11 is 12.0. The van der Waals surface area contributed by atoms with Crippen LogP contribution in [-0.2, 0) is 0 Å². The summed E-state index contributed by atoms with van der Waals surface area (Å²) in [6, 6.07) is 12.3. The number of nitrogens with one attached hydrogen (secondary N) is 2. The number of halogens is 3. The summed E-state index contributed by atoms with van der Waals surface area (Å²) in [5.41, 5.74) is 0.780. The molecule has 1 amide bonds. The number of para-hydroxylation sites is 1. The number of amides is 1. The molecule has 1 aromatic heterocycles. The Labute approximate surface area is 159 Å². The standard InChI is InChI=1S/C18H13Cl2FN4O/c1-10-22-16(18(26)25-15-5-3-2-4-14(15)21)9-17(23-10)24-13-7-11(19)6-12(20)8-13/h2-9H,1H3,(H,25,26)(H,22,23,24). The molecule has 2 aromatic carbocycles. The number of rotatable bonds is 4. The molecule has 26 heavy (non-hydrogen) atoms. The Morgan fingerprint density at radius 3 is 2.42 bits per heavy atom.